The van der Waals surface area contributed by atoms with Crippen LogP contribution in [0.4, 0.5) is 5.69 Å². The number of unbranched alkanes of at least 4 members (excludes halogenated alkanes) is 1. The molecule has 0 saturated carbocycles. The van der Waals surface area contributed by atoms with Crippen molar-refractivity contribution in [3.8, 4) is 0 Å². The first-order valence-electron chi connectivity index (χ1n) is 10.4. The zero-order valence-electron chi connectivity index (χ0n) is 17.4. The number of nitrogens with zero attached hydrogens (tertiary/aromatic N) is 1. The van der Waals surface area contributed by atoms with Crippen molar-refractivity contribution in [2.45, 2.75) is 43.5 Å². The van der Waals surface area contributed by atoms with Crippen LogP contribution in [0.5, 0.6) is 0 Å². The molecule has 6 nitrogen and oxygen atoms in total. The molecule has 2 aromatic rings. The van der Waals surface area contributed by atoms with Crippen LogP contribution in [0, 0.1) is 0 Å². The molecule has 1 atom stereocenters. The van der Waals surface area contributed by atoms with Gasteiger partial charge >= 0.3 is 0 Å². The van der Waals surface area contributed by atoms with Crippen LogP contribution < -0.4 is 10.0 Å². The van der Waals surface area contributed by atoms with Crippen molar-refractivity contribution in [2.24, 2.45) is 0 Å². The van der Waals surface area contributed by atoms with Crippen LogP contribution in [0.1, 0.15) is 43.0 Å². The molecular formula is C22H27Br2N3O3S. The van der Waals surface area contributed by atoms with Gasteiger partial charge in [-0.3, -0.25) is 9.52 Å². The van der Waals surface area contributed by atoms with Crippen molar-refractivity contribution in [2.75, 3.05) is 24.4 Å². The second-order valence-corrected chi connectivity index (χ2v) is 11.0. The predicted octanol–water partition coefficient (Wildman–Crippen LogP) is 5.01. The molecule has 168 valence electrons. The smallest absolute Gasteiger partial charge is 0.261 e. The first-order valence-corrected chi connectivity index (χ1v) is 13.5. The Kier molecular flexibility index (Phi) is 8.55. The van der Waals surface area contributed by atoms with Crippen LogP contribution in [-0.2, 0) is 10.0 Å². The van der Waals surface area contributed by atoms with Gasteiger partial charge in [-0.1, -0.05) is 25.8 Å². The van der Waals surface area contributed by atoms with E-state index in [2.05, 4.69) is 48.8 Å². The molecule has 0 aromatic heterocycles. The highest BCUT2D eigenvalue weighted by molar-refractivity contribution is 9.13. The highest BCUT2D eigenvalue weighted by atomic mass is 79.9. The molecule has 2 N–H and O–H groups in total. The van der Waals surface area contributed by atoms with Crippen LogP contribution in [-0.4, -0.2) is 44.9 Å². The van der Waals surface area contributed by atoms with Gasteiger partial charge in [0.15, 0.2) is 0 Å². The van der Waals surface area contributed by atoms with Crippen molar-refractivity contribution < 1.29 is 13.2 Å². The predicted molar refractivity (Wildman–Crippen MR) is 131 cm³/mol. The number of anilines is 1. The average Bonchev–Trinajstić information content (AvgIpc) is 2.99. The van der Waals surface area contributed by atoms with Gasteiger partial charge in [0.1, 0.15) is 0 Å². The third-order valence-corrected chi connectivity index (χ3v) is 8.55. The van der Waals surface area contributed by atoms with Crippen molar-refractivity contribution in [1.82, 2.24) is 10.2 Å². The lowest BCUT2D eigenvalue weighted by molar-refractivity contribution is 0.0682. The van der Waals surface area contributed by atoms with Gasteiger partial charge in [0.2, 0.25) is 0 Å². The number of carbonyl (C=O) groups excluding carboxylic acids is 1. The minimum Gasteiger partial charge on any atom is -0.334 e. The molecule has 1 saturated heterocycles. The summed E-state index contributed by atoms with van der Waals surface area (Å²) in [5.74, 6) is -0.0581. The summed E-state index contributed by atoms with van der Waals surface area (Å²) in [5.41, 5.74) is 0.850. The van der Waals surface area contributed by atoms with Crippen molar-refractivity contribution in [3.63, 3.8) is 0 Å². The number of rotatable bonds is 7. The summed E-state index contributed by atoms with van der Waals surface area (Å²) in [5, 5.41) is 3.42. The lowest BCUT2D eigenvalue weighted by atomic mass is 10.1. The third-order valence-electron chi connectivity index (χ3n) is 5.29. The van der Waals surface area contributed by atoms with E-state index < -0.39 is 10.0 Å². The number of benzene rings is 2. The first kappa shape index (κ1) is 24.2. The van der Waals surface area contributed by atoms with E-state index >= 15 is 0 Å². The van der Waals surface area contributed by atoms with Gasteiger partial charge in [-0.05, 0) is 87.6 Å². The van der Waals surface area contributed by atoms with E-state index in [1.54, 1.807) is 30.3 Å². The number of sulfonamides is 1. The molecule has 1 amide bonds. The number of nitrogens with one attached hydrogen (secondary N) is 2. The summed E-state index contributed by atoms with van der Waals surface area (Å²) in [6.45, 7) is 4.53. The van der Waals surface area contributed by atoms with Gasteiger partial charge in [-0.15, -0.1) is 0 Å². The molecule has 1 fully saturated rings. The van der Waals surface area contributed by atoms with Gasteiger partial charge in [-0.2, -0.15) is 0 Å². The maximum Gasteiger partial charge on any atom is 0.261 e. The monoisotopic (exact) mass is 571 g/mol. The van der Waals surface area contributed by atoms with E-state index in [1.807, 2.05) is 4.90 Å². The Balaban J connectivity index is 1.81. The zero-order chi connectivity index (χ0) is 22.4. The zero-order valence-corrected chi connectivity index (χ0v) is 21.4. The lowest BCUT2D eigenvalue weighted by Gasteiger charge is -2.30. The summed E-state index contributed by atoms with van der Waals surface area (Å²) in [6, 6.07) is 11.6. The van der Waals surface area contributed by atoms with Gasteiger partial charge in [0.25, 0.3) is 15.9 Å². The molecule has 0 radical (unpaired) electrons. The maximum atomic E-state index is 13.3. The lowest BCUT2D eigenvalue weighted by Crippen LogP contribution is -2.43. The van der Waals surface area contributed by atoms with E-state index in [-0.39, 0.29) is 16.8 Å². The van der Waals surface area contributed by atoms with Crippen molar-refractivity contribution >= 4 is 53.5 Å². The van der Waals surface area contributed by atoms with Crippen molar-refractivity contribution in [3.05, 3.63) is 57.0 Å². The van der Waals surface area contributed by atoms with Crippen LogP contribution in [0.2, 0.25) is 0 Å². The fourth-order valence-corrected chi connectivity index (χ4v) is 5.49. The molecule has 9 heteroatoms. The van der Waals surface area contributed by atoms with Gasteiger partial charge in [0.05, 0.1) is 4.90 Å². The molecule has 31 heavy (non-hydrogen) atoms. The van der Waals surface area contributed by atoms with E-state index in [9.17, 15) is 13.2 Å². The molecule has 1 unspecified atom stereocenters. The number of carbonyl (C=O) groups is 1. The highest BCUT2D eigenvalue weighted by Crippen LogP contribution is 2.27. The number of amides is 1. The van der Waals surface area contributed by atoms with Crippen LogP contribution in [0.15, 0.2) is 56.3 Å². The van der Waals surface area contributed by atoms with Gasteiger partial charge in [-0.25, -0.2) is 8.42 Å². The molecular weight excluding hydrogens is 546 g/mol. The second kappa shape index (κ2) is 10.9. The number of hydrogen-bond donors (Lipinski definition) is 2. The molecule has 0 aliphatic carbocycles. The normalized spacial score (nSPS) is 17.3. The summed E-state index contributed by atoms with van der Waals surface area (Å²) in [6.07, 6.45) is 4.01. The number of hydrogen-bond acceptors (Lipinski definition) is 4. The van der Waals surface area contributed by atoms with E-state index in [0.29, 0.717) is 22.3 Å². The highest BCUT2D eigenvalue weighted by Gasteiger charge is 2.26. The Hall–Kier alpha value is -1.42. The summed E-state index contributed by atoms with van der Waals surface area (Å²) < 4.78 is 29.6. The topological polar surface area (TPSA) is 78.5 Å². The van der Waals surface area contributed by atoms with Crippen LogP contribution in [0.25, 0.3) is 0 Å². The standard InChI is InChI=1S/C22H27Br2N3O3S/c1-2-3-8-18-15-25-11-5-12-27(18)22(28)16-6-4-7-17(13-16)26-31(29,30)19-9-10-20(23)21(24)14-19/h4,6-7,9-10,13-14,18,25-26H,2-3,5,8,11-12,15H2,1H3. The molecule has 1 aliphatic rings. The van der Waals surface area contributed by atoms with Crippen LogP contribution in [0.3, 0.4) is 0 Å². The van der Waals surface area contributed by atoms with Gasteiger partial charge < -0.3 is 10.2 Å². The summed E-state index contributed by atoms with van der Waals surface area (Å²) >= 11 is 6.68. The molecule has 0 spiro atoms. The van der Waals surface area contributed by atoms with Gasteiger partial charge in [0, 0.05) is 39.3 Å². The molecule has 0 bridgehead atoms. The Labute approximate surface area is 201 Å². The summed E-state index contributed by atoms with van der Waals surface area (Å²) in [7, 11) is -3.78. The fourth-order valence-electron chi connectivity index (χ4n) is 3.64. The van der Waals surface area contributed by atoms with Crippen molar-refractivity contribution in [1.29, 1.82) is 0 Å². The maximum absolute atomic E-state index is 13.3. The largest absolute Gasteiger partial charge is 0.334 e. The van der Waals surface area contributed by atoms with E-state index in [1.165, 1.54) is 12.1 Å². The first-order chi connectivity index (χ1) is 14.8. The SMILES string of the molecule is CCCCC1CNCCCN1C(=O)c1cccc(NS(=O)(=O)c2ccc(Br)c(Br)c2)c1. The molecule has 3 rings (SSSR count). The second-order valence-electron chi connectivity index (χ2n) is 7.61. The minimum atomic E-state index is -3.78. The molecule has 1 aliphatic heterocycles. The van der Waals surface area contributed by atoms with E-state index in [0.717, 1.165) is 43.2 Å². The quantitative estimate of drug-likeness (QED) is 0.489. The number of halogens is 2. The van der Waals surface area contributed by atoms with E-state index in [4.69, 9.17) is 0 Å². The fraction of sp³-hybridized carbons (Fsp3) is 0.409. The summed E-state index contributed by atoms with van der Waals surface area (Å²) in [4.78, 5) is 15.4. The minimum absolute atomic E-state index is 0.0581. The average molecular weight is 573 g/mol. The van der Waals surface area contributed by atoms with Crippen LogP contribution >= 0.6 is 31.9 Å². The molecule has 2 aromatic carbocycles. The Morgan fingerprint density at radius 3 is 2.74 bits per heavy atom. The Morgan fingerprint density at radius 1 is 1.19 bits per heavy atom. The Bertz CT molecular complexity index is 1030. The molecule has 1 heterocycles. The Morgan fingerprint density at radius 2 is 2.00 bits per heavy atom. The third kappa shape index (κ3) is 6.31.